The van der Waals surface area contributed by atoms with Gasteiger partial charge in [0.2, 0.25) is 0 Å². The lowest BCUT2D eigenvalue weighted by molar-refractivity contribution is 0.0694. The van der Waals surface area contributed by atoms with Crippen molar-refractivity contribution in [3.8, 4) is 0 Å². The van der Waals surface area contributed by atoms with Gasteiger partial charge in [-0.05, 0) is 46.5 Å². The first-order valence-corrected chi connectivity index (χ1v) is 6.23. The molecule has 0 aliphatic rings. The standard InChI is InChI=1S/C13H22N2O3/c1-10(2)15(3)7-4-6-14-9-12-11(13(16)17)5-8-18-12/h5,8,10,14H,4,6-7,9H2,1-3H3,(H,16,17). The molecule has 0 unspecified atom stereocenters. The number of aromatic carboxylic acids is 1. The van der Waals surface area contributed by atoms with Gasteiger partial charge in [0.05, 0.1) is 12.8 Å². The van der Waals surface area contributed by atoms with Gasteiger partial charge in [0, 0.05) is 6.04 Å². The van der Waals surface area contributed by atoms with Crippen molar-refractivity contribution in [1.82, 2.24) is 10.2 Å². The van der Waals surface area contributed by atoms with Crippen LogP contribution in [-0.4, -0.2) is 42.2 Å². The first kappa shape index (κ1) is 14.7. The Bertz CT molecular complexity index is 374. The summed E-state index contributed by atoms with van der Waals surface area (Å²) in [6.07, 6.45) is 2.44. The average Bonchev–Trinajstić information content (AvgIpc) is 2.76. The molecular weight excluding hydrogens is 232 g/mol. The van der Waals surface area contributed by atoms with Gasteiger partial charge in [-0.2, -0.15) is 0 Å². The zero-order chi connectivity index (χ0) is 13.5. The van der Waals surface area contributed by atoms with E-state index in [0.717, 1.165) is 19.5 Å². The number of rotatable bonds is 8. The first-order chi connectivity index (χ1) is 8.52. The Morgan fingerprint density at radius 1 is 1.56 bits per heavy atom. The molecule has 5 nitrogen and oxygen atoms in total. The topological polar surface area (TPSA) is 65.7 Å². The molecule has 0 amide bonds. The van der Waals surface area contributed by atoms with Gasteiger partial charge in [-0.25, -0.2) is 4.79 Å². The summed E-state index contributed by atoms with van der Waals surface area (Å²) in [6, 6.07) is 2.03. The second-order valence-electron chi connectivity index (χ2n) is 4.67. The van der Waals surface area contributed by atoms with E-state index in [1.807, 2.05) is 0 Å². The summed E-state index contributed by atoms with van der Waals surface area (Å²) in [7, 11) is 2.10. The van der Waals surface area contributed by atoms with Gasteiger partial charge in [-0.1, -0.05) is 0 Å². The first-order valence-electron chi connectivity index (χ1n) is 6.23. The fourth-order valence-corrected chi connectivity index (χ4v) is 1.58. The summed E-state index contributed by atoms with van der Waals surface area (Å²) in [5.41, 5.74) is 0.238. The van der Waals surface area contributed by atoms with Crippen LogP contribution in [0.3, 0.4) is 0 Å². The molecule has 0 aliphatic heterocycles. The minimum Gasteiger partial charge on any atom is -0.478 e. The van der Waals surface area contributed by atoms with Gasteiger partial charge in [-0.3, -0.25) is 0 Å². The van der Waals surface area contributed by atoms with E-state index in [0.29, 0.717) is 18.3 Å². The van der Waals surface area contributed by atoms with Crippen LogP contribution >= 0.6 is 0 Å². The van der Waals surface area contributed by atoms with Crippen LogP contribution < -0.4 is 5.32 Å². The van der Waals surface area contributed by atoms with Gasteiger partial charge < -0.3 is 19.7 Å². The third-order valence-electron chi connectivity index (χ3n) is 3.01. The van der Waals surface area contributed by atoms with Crippen molar-refractivity contribution in [3.63, 3.8) is 0 Å². The summed E-state index contributed by atoms with van der Waals surface area (Å²) in [6.45, 7) is 6.65. The average molecular weight is 254 g/mol. The maximum Gasteiger partial charge on any atom is 0.339 e. The third kappa shape index (κ3) is 4.50. The Hall–Kier alpha value is -1.33. The largest absolute Gasteiger partial charge is 0.478 e. The van der Waals surface area contributed by atoms with Crippen LogP contribution in [0, 0.1) is 0 Å². The molecule has 5 heteroatoms. The second kappa shape index (κ2) is 7.18. The summed E-state index contributed by atoms with van der Waals surface area (Å²) < 4.78 is 5.14. The van der Waals surface area contributed by atoms with Crippen LogP contribution in [-0.2, 0) is 6.54 Å². The van der Waals surface area contributed by atoms with Crippen LogP contribution in [0.25, 0.3) is 0 Å². The number of nitrogens with zero attached hydrogens (tertiary/aromatic N) is 1. The van der Waals surface area contributed by atoms with Crippen molar-refractivity contribution in [2.24, 2.45) is 0 Å². The minimum absolute atomic E-state index is 0.238. The van der Waals surface area contributed by atoms with Gasteiger partial charge in [0.25, 0.3) is 0 Å². The Labute approximate surface area is 108 Å². The third-order valence-corrected chi connectivity index (χ3v) is 3.01. The Kier molecular flexibility index (Phi) is 5.88. The fraction of sp³-hybridized carbons (Fsp3) is 0.615. The molecular formula is C13H22N2O3. The van der Waals surface area contributed by atoms with Crippen molar-refractivity contribution in [2.75, 3.05) is 20.1 Å². The molecule has 0 aliphatic carbocycles. The zero-order valence-corrected chi connectivity index (χ0v) is 11.3. The van der Waals surface area contributed by atoms with E-state index in [-0.39, 0.29) is 5.56 Å². The summed E-state index contributed by atoms with van der Waals surface area (Å²) in [5.74, 6) is -0.459. The van der Waals surface area contributed by atoms with Crippen LogP contribution in [0.2, 0.25) is 0 Å². The molecule has 0 radical (unpaired) electrons. The van der Waals surface area contributed by atoms with Crippen molar-refractivity contribution >= 4 is 5.97 Å². The molecule has 102 valence electrons. The van der Waals surface area contributed by atoms with Crippen molar-refractivity contribution in [2.45, 2.75) is 32.9 Å². The van der Waals surface area contributed by atoms with Crippen molar-refractivity contribution in [1.29, 1.82) is 0 Å². The van der Waals surface area contributed by atoms with E-state index in [1.165, 1.54) is 12.3 Å². The van der Waals surface area contributed by atoms with E-state index < -0.39 is 5.97 Å². The number of carboxylic acids is 1. The molecule has 0 fully saturated rings. The number of carbonyl (C=O) groups is 1. The molecule has 0 atom stereocenters. The van der Waals surface area contributed by atoms with E-state index >= 15 is 0 Å². The number of carboxylic acid groups (broad SMARTS) is 1. The molecule has 0 spiro atoms. The van der Waals surface area contributed by atoms with Crippen LogP contribution in [0.4, 0.5) is 0 Å². The highest BCUT2D eigenvalue weighted by Crippen LogP contribution is 2.09. The molecule has 18 heavy (non-hydrogen) atoms. The normalized spacial score (nSPS) is 11.4. The van der Waals surface area contributed by atoms with Crippen LogP contribution in [0.15, 0.2) is 16.7 Å². The van der Waals surface area contributed by atoms with E-state index in [2.05, 4.69) is 31.1 Å². The molecule has 0 aromatic carbocycles. The molecule has 1 rings (SSSR count). The highest BCUT2D eigenvalue weighted by atomic mass is 16.4. The molecule has 0 saturated heterocycles. The Morgan fingerprint density at radius 3 is 2.89 bits per heavy atom. The number of hydrogen-bond acceptors (Lipinski definition) is 4. The minimum atomic E-state index is -0.944. The van der Waals surface area contributed by atoms with Crippen LogP contribution in [0.1, 0.15) is 36.4 Å². The summed E-state index contributed by atoms with van der Waals surface area (Å²) >= 11 is 0. The van der Waals surface area contributed by atoms with Gasteiger partial charge in [0.1, 0.15) is 11.3 Å². The van der Waals surface area contributed by atoms with Crippen LogP contribution in [0.5, 0.6) is 0 Å². The quantitative estimate of drug-likeness (QED) is 0.692. The smallest absolute Gasteiger partial charge is 0.339 e. The Balaban J connectivity index is 2.22. The van der Waals surface area contributed by atoms with Gasteiger partial charge in [0.15, 0.2) is 0 Å². The maximum absolute atomic E-state index is 10.8. The zero-order valence-electron chi connectivity index (χ0n) is 11.3. The van der Waals surface area contributed by atoms with Gasteiger partial charge >= 0.3 is 5.97 Å². The molecule has 0 bridgehead atoms. The number of furan rings is 1. The van der Waals surface area contributed by atoms with E-state index in [9.17, 15) is 4.79 Å². The SMILES string of the molecule is CC(C)N(C)CCCNCc1occc1C(=O)O. The molecule has 0 saturated carbocycles. The lowest BCUT2D eigenvalue weighted by Gasteiger charge is -2.20. The molecule has 2 N–H and O–H groups in total. The summed E-state index contributed by atoms with van der Waals surface area (Å²) in [5, 5.41) is 12.1. The lowest BCUT2D eigenvalue weighted by Crippen LogP contribution is -2.29. The number of hydrogen-bond donors (Lipinski definition) is 2. The fourth-order valence-electron chi connectivity index (χ4n) is 1.58. The lowest BCUT2D eigenvalue weighted by atomic mass is 10.2. The van der Waals surface area contributed by atoms with E-state index in [1.54, 1.807) is 0 Å². The molecule has 1 aromatic rings. The highest BCUT2D eigenvalue weighted by Gasteiger charge is 2.12. The monoisotopic (exact) mass is 254 g/mol. The van der Waals surface area contributed by atoms with E-state index in [4.69, 9.17) is 9.52 Å². The Morgan fingerprint density at radius 2 is 2.28 bits per heavy atom. The molecule has 1 aromatic heterocycles. The predicted molar refractivity (Wildman–Crippen MR) is 69.8 cm³/mol. The van der Waals surface area contributed by atoms with Crippen molar-refractivity contribution in [3.05, 3.63) is 23.7 Å². The highest BCUT2D eigenvalue weighted by molar-refractivity contribution is 5.88. The molecule has 1 heterocycles. The maximum atomic E-state index is 10.8. The second-order valence-corrected chi connectivity index (χ2v) is 4.67. The predicted octanol–water partition coefficient (Wildman–Crippen LogP) is 1.80. The van der Waals surface area contributed by atoms with Crippen molar-refractivity contribution < 1.29 is 14.3 Å². The van der Waals surface area contributed by atoms with Gasteiger partial charge in [-0.15, -0.1) is 0 Å². The summed E-state index contributed by atoms with van der Waals surface area (Å²) in [4.78, 5) is 13.1. The number of nitrogens with one attached hydrogen (secondary N) is 1.